The number of hydrogen-bond acceptors (Lipinski definition) is 6. The van der Waals surface area contributed by atoms with E-state index in [1.807, 2.05) is 30.3 Å². The molecule has 1 fully saturated rings. The van der Waals surface area contributed by atoms with Crippen LogP contribution in [0.2, 0.25) is 0 Å². The SMILES string of the molecule is [N-]=[N+]=NSC1COCC(n2cc(-c3ccccc3)nn2)C1O. The van der Waals surface area contributed by atoms with Gasteiger partial charge < -0.3 is 9.84 Å². The molecule has 0 bridgehead atoms. The minimum atomic E-state index is -0.727. The minimum absolute atomic E-state index is 0.320. The van der Waals surface area contributed by atoms with E-state index in [0.29, 0.717) is 13.2 Å². The zero-order valence-electron chi connectivity index (χ0n) is 11.6. The van der Waals surface area contributed by atoms with Crippen LogP contribution in [-0.4, -0.2) is 44.7 Å². The van der Waals surface area contributed by atoms with Crippen LogP contribution in [0.5, 0.6) is 0 Å². The summed E-state index contributed by atoms with van der Waals surface area (Å²) in [5, 5.41) is 18.3. The van der Waals surface area contributed by atoms with E-state index in [1.165, 1.54) is 0 Å². The highest BCUT2D eigenvalue weighted by molar-refractivity contribution is 7.98. The van der Waals surface area contributed by atoms with Crippen LogP contribution in [-0.2, 0) is 4.74 Å². The van der Waals surface area contributed by atoms with Gasteiger partial charge in [0.25, 0.3) is 0 Å². The van der Waals surface area contributed by atoms with E-state index in [4.69, 9.17) is 10.3 Å². The maximum atomic E-state index is 10.4. The smallest absolute Gasteiger partial charge is 0.113 e. The number of aromatic nitrogens is 3. The van der Waals surface area contributed by atoms with Crippen molar-refractivity contribution in [2.45, 2.75) is 17.4 Å². The van der Waals surface area contributed by atoms with Gasteiger partial charge >= 0.3 is 0 Å². The number of aliphatic hydroxyl groups is 1. The van der Waals surface area contributed by atoms with Crippen LogP contribution >= 0.6 is 11.9 Å². The molecule has 2 heterocycles. The predicted octanol–water partition coefficient (Wildman–Crippen LogP) is 2.20. The number of nitrogens with zero attached hydrogens (tertiary/aromatic N) is 6. The maximum Gasteiger partial charge on any atom is 0.113 e. The number of benzene rings is 1. The van der Waals surface area contributed by atoms with E-state index in [-0.39, 0.29) is 11.3 Å². The Morgan fingerprint density at radius 2 is 2.18 bits per heavy atom. The molecule has 1 aliphatic rings. The molecule has 2 aromatic rings. The average molecular weight is 318 g/mol. The van der Waals surface area contributed by atoms with Crippen LogP contribution in [0.4, 0.5) is 0 Å². The first-order chi connectivity index (χ1) is 10.8. The zero-order chi connectivity index (χ0) is 15.4. The summed E-state index contributed by atoms with van der Waals surface area (Å²) in [7, 11) is 0. The molecule has 3 rings (SSSR count). The minimum Gasteiger partial charge on any atom is -0.390 e. The first-order valence-corrected chi connectivity index (χ1v) is 7.56. The van der Waals surface area contributed by atoms with E-state index in [1.54, 1.807) is 10.9 Å². The van der Waals surface area contributed by atoms with Gasteiger partial charge in [0, 0.05) is 10.5 Å². The highest BCUT2D eigenvalue weighted by Crippen LogP contribution is 2.29. The van der Waals surface area contributed by atoms with Crippen molar-refractivity contribution in [2.24, 2.45) is 4.52 Å². The fourth-order valence-corrected chi connectivity index (χ4v) is 2.96. The lowest BCUT2D eigenvalue weighted by molar-refractivity contribution is -0.0279. The van der Waals surface area contributed by atoms with E-state index >= 15 is 0 Å². The largest absolute Gasteiger partial charge is 0.390 e. The molecule has 0 amide bonds. The molecule has 9 heteroatoms. The highest BCUT2D eigenvalue weighted by atomic mass is 32.2. The van der Waals surface area contributed by atoms with Crippen molar-refractivity contribution in [2.75, 3.05) is 13.2 Å². The second kappa shape index (κ2) is 6.80. The van der Waals surface area contributed by atoms with Gasteiger partial charge in [0.15, 0.2) is 0 Å². The zero-order valence-corrected chi connectivity index (χ0v) is 12.4. The summed E-state index contributed by atoms with van der Waals surface area (Å²) in [6.45, 7) is 0.674. The van der Waals surface area contributed by atoms with Gasteiger partial charge in [-0.25, -0.2) is 4.68 Å². The summed E-state index contributed by atoms with van der Waals surface area (Å²) in [5.74, 6) is 0. The standard InChI is InChI=1S/C13H14N6O2S/c14-16-18-22-12-8-21-7-11(13(12)20)19-6-10(15-17-19)9-4-2-1-3-5-9/h1-6,11-13,20H,7-8H2. The third kappa shape index (κ3) is 3.07. The van der Waals surface area contributed by atoms with Crippen molar-refractivity contribution >= 4 is 11.9 Å². The van der Waals surface area contributed by atoms with Crippen LogP contribution in [0.15, 0.2) is 41.0 Å². The Hall–Kier alpha value is -2.06. The number of azide groups is 1. The molecule has 1 aromatic heterocycles. The normalized spacial score (nSPS) is 24.7. The van der Waals surface area contributed by atoms with Gasteiger partial charge in [0.2, 0.25) is 0 Å². The van der Waals surface area contributed by atoms with Gasteiger partial charge in [-0.2, -0.15) is 0 Å². The van der Waals surface area contributed by atoms with Crippen LogP contribution < -0.4 is 0 Å². The topological polar surface area (TPSA) is 109 Å². The molecule has 3 atom stereocenters. The van der Waals surface area contributed by atoms with Gasteiger partial charge in [-0.1, -0.05) is 47.5 Å². The van der Waals surface area contributed by atoms with Crippen molar-refractivity contribution < 1.29 is 9.84 Å². The van der Waals surface area contributed by atoms with Crippen molar-refractivity contribution in [3.05, 3.63) is 47.0 Å². The van der Waals surface area contributed by atoms with Crippen molar-refractivity contribution in [3.63, 3.8) is 0 Å². The molecule has 1 saturated heterocycles. The summed E-state index contributed by atoms with van der Waals surface area (Å²) in [6, 6.07) is 9.33. The lowest BCUT2D eigenvalue weighted by Crippen LogP contribution is -2.43. The Morgan fingerprint density at radius 1 is 1.36 bits per heavy atom. The second-order valence-electron chi connectivity index (χ2n) is 4.86. The van der Waals surface area contributed by atoms with E-state index in [2.05, 4.69) is 19.7 Å². The molecule has 1 aromatic carbocycles. The lowest BCUT2D eigenvalue weighted by atomic mass is 10.1. The summed E-state index contributed by atoms with van der Waals surface area (Å²) in [6.07, 6.45) is 1.06. The summed E-state index contributed by atoms with van der Waals surface area (Å²) in [5.41, 5.74) is 10.1. The van der Waals surface area contributed by atoms with Crippen LogP contribution in [0.25, 0.3) is 21.7 Å². The third-order valence-electron chi connectivity index (χ3n) is 3.48. The van der Waals surface area contributed by atoms with E-state index < -0.39 is 6.10 Å². The van der Waals surface area contributed by atoms with Crippen LogP contribution in [0.1, 0.15) is 6.04 Å². The summed E-state index contributed by atoms with van der Waals surface area (Å²) < 4.78 is 10.5. The Bertz CT molecular complexity index is 672. The van der Waals surface area contributed by atoms with Crippen molar-refractivity contribution in [3.8, 4) is 11.3 Å². The first kappa shape index (κ1) is 14.9. The van der Waals surface area contributed by atoms with E-state index in [9.17, 15) is 5.11 Å². The first-order valence-electron chi connectivity index (χ1n) is 6.73. The molecular weight excluding hydrogens is 304 g/mol. The van der Waals surface area contributed by atoms with Crippen molar-refractivity contribution in [1.82, 2.24) is 15.0 Å². The third-order valence-corrected chi connectivity index (χ3v) is 4.34. The van der Waals surface area contributed by atoms with Crippen LogP contribution in [0, 0.1) is 0 Å². The van der Waals surface area contributed by atoms with Gasteiger partial charge in [-0.05, 0) is 10.1 Å². The molecule has 114 valence electrons. The van der Waals surface area contributed by atoms with Gasteiger partial charge in [-0.15, -0.1) is 5.10 Å². The maximum absolute atomic E-state index is 10.4. The second-order valence-corrected chi connectivity index (χ2v) is 5.84. The van der Waals surface area contributed by atoms with Crippen molar-refractivity contribution in [1.29, 1.82) is 0 Å². The summed E-state index contributed by atoms with van der Waals surface area (Å²) >= 11 is 0.979. The molecule has 1 N–H and O–H groups in total. The Kier molecular flexibility index (Phi) is 4.59. The number of hydrogen-bond donors (Lipinski definition) is 1. The molecule has 3 unspecified atom stereocenters. The molecule has 0 spiro atoms. The number of aliphatic hydroxyl groups excluding tert-OH is 1. The lowest BCUT2D eigenvalue weighted by Gasteiger charge is -2.33. The Balaban J connectivity index is 1.79. The van der Waals surface area contributed by atoms with Crippen LogP contribution in [0.3, 0.4) is 0 Å². The molecule has 8 nitrogen and oxygen atoms in total. The fourth-order valence-electron chi connectivity index (χ4n) is 2.34. The Morgan fingerprint density at radius 3 is 2.95 bits per heavy atom. The molecule has 22 heavy (non-hydrogen) atoms. The molecule has 1 aliphatic heterocycles. The fraction of sp³-hybridized carbons (Fsp3) is 0.385. The molecule has 0 aliphatic carbocycles. The number of ether oxygens (including phenoxy) is 1. The Labute approximate surface area is 130 Å². The molecular formula is C13H14N6O2S. The number of rotatable bonds is 4. The monoisotopic (exact) mass is 318 g/mol. The predicted molar refractivity (Wildman–Crippen MR) is 81.8 cm³/mol. The highest BCUT2D eigenvalue weighted by Gasteiger charge is 2.35. The molecule has 0 radical (unpaired) electrons. The van der Waals surface area contributed by atoms with Gasteiger partial charge in [-0.3, -0.25) is 0 Å². The van der Waals surface area contributed by atoms with E-state index in [0.717, 1.165) is 23.2 Å². The quantitative estimate of drug-likeness (QED) is 0.402. The van der Waals surface area contributed by atoms with Gasteiger partial charge in [0.1, 0.15) is 11.7 Å². The van der Waals surface area contributed by atoms with Gasteiger partial charge in [0.05, 0.1) is 30.8 Å². The molecule has 0 saturated carbocycles. The summed E-state index contributed by atoms with van der Waals surface area (Å²) in [4.78, 5) is 2.69. The average Bonchev–Trinajstić information content (AvgIpc) is 3.04.